The van der Waals surface area contributed by atoms with E-state index in [2.05, 4.69) is 5.32 Å². The van der Waals surface area contributed by atoms with Gasteiger partial charge in [-0.2, -0.15) is 0 Å². The summed E-state index contributed by atoms with van der Waals surface area (Å²) in [6, 6.07) is 7.78. The predicted molar refractivity (Wildman–Crippen MR) is 83.6 cm³/mol. The van der Waals surface area contributed by atoms with E-state index in [9.17, 15) is 9.90 Å². The maximum absolute atomic E-state index is 11.6. The molecule has 0 radical (unpaired) electrons. The molecule has 1 fully saturated rings. The molecule has 1 saturated carbocycles. The summed E-state index contributed by atoms with van der Waals surface area (Å²) < 4.78 is 0. The van der Waals surface area contributed by atoms with Crippen LogP contribution in [0.15, 0.2) is 29.2 Å². The predicted octanol–water partition coefficient (Wildman–Crippen LogP) is 3.67. The Bertz CT molecular complexity index is 483. The van der Waals surface area contributed by atoms with Gasteiger partial charge in [-0.1, -0.05) is 24.1 Å². The maximum atomic E-state index is 11.6. The van der Waals surface area contributed by atoms with Crippen LogP contribution < -0.4 is 5.32 Å². The topological polar surface area (TPSA) is 49.3 Å². The van der Waals surface area contributed by atoms with E-state index in [4.69, 9.17) is 11.6 Å². The van der Waals surface area contributed by atoms with E-state index in [1.54, 1.807) is 18.8 Å². The number of hydrogen-bond donors (Lipinski definition) is 2. The number of thioether (sulfide) groups is 1. The molecule has 0 heterocycles. The van der Waals surface area contributed by atoms with Crippen molar-refractivity contribution >= 4 is 29.3 Å². The van der Waals surface area contributed by atoms with Gasteiger partial charge in [0.1, 0.15) is 5.54 Å². The summed E-state index contributed by atoms with van der Waals surface area (Å²) in [7, 11) is 1.76. The smallest absolute Gasteiger partial charge is 0.324 e. The summed E-state index contributed by atoms with van der Waals surface area (Å²) >= 11 is 7.70. The third kappa shape index (κ3) is 3.30. The van der Waals surface area contributed by atoms with E-state index in [-0.39, 0.29) is 5.92 Å². The van der Waals surface area contributed by atoms with E-state index in [0.717, 1.165) is 41.4 Å². The van der Waals surface area contributed by atoms with Gasteiger partial charge in [-0.25, -0.2) is 0 Å². The zero-order valence-electron chi connectivity index (χ0n) is 11.6. The van der Waals surface area contributed by atoms with Crippen LogP contribution in [0, 0.1) is 5.92 Å². The van der Waals surface area contributed by atoms with E-state index < -0.39 is 11.5 Å². The lowest BCUT2D eigenvalue weighted by molar-refractivity contribution is -0.146. The lowest BCUT2D eigenvalue weighted by atomic mass is 9.85. The first-order chi connectivity index (χ1) is 9.58. The van der Waals surface area contributed by atoms with Gasteiger partial charge in [-0.15, -0.1) is 11.8 Å². The van der Waals surface area contributed by atoms with Crippen LogP contribution in [0.4, 0.5) is 0 Å². The second-order valence-corrected chi connectivity index (χ2v) is 6.81. The summed E-state index contributed by atoms with van der Waals surface area (Å²) in [6.07, 6.45) is 3.61. The molecule has 0 amide bonds. The van der Waals surface area contributed by atoms with E-state index in [1.807, 2.05) is 24.3 Å². The molecular weight excluding hydrogens is 294 g/mol. The highest BCUT2D eigenvalue weighted by Crippen LogP contribution is 2.39. The molecule has 1 aliphatic rings. The SMILES string of the molecule is CNC1(C(=O)O)CCCC1CCSc1cccc(Cl)c1. The molecule has 20 heavy (non-hydrogen) atoms. The van der Waals surface area contributed by atoms with Gasteiger partial charge in [-0.3, -0.25) is 4.79 Å². The lowest BCUT2D eigenvalue weighted by Crippen LogP contribution is -2.53. The molecule has 1 aromatic carbocycles. The summed E-state index contributed by atoms with van der Waals surface area (Å²) in [4.78, 5) is 12.7. The Morgan fingerprint density at radius 3 is 3.05 bits per heavy atom. The fraction of sp³-hybridized carbons (Fsp3) is 0.533. The van der Waals surface area contributed by atoms with Gasteiger partial charge >= 0.3 is 5.97 Å². The van der Waals surface area contributed by atoms with Crippen molar-refractivity contribution in [1.82, 2.24) is 5.32 Å². The van der Waals surface area contributed by atoms with Crippen molar-refractivity contribution in [3.05, 3.63) is 29.3 Å². The molecule has 110 valence electrons. The minimum absolute atomic E-state index is 0.205. The van der Waals surface area contributed by atoms with Gasteiger partial charge in [0, 0.05) is 9.92 Å². The number of hydrogen-bond acceptors (Lipinski definition) is 3. The second kappa shape index (κ2) is 6.83. The van der Waals surface area contributed by atoms with Crippen LogP contribution in [-0.4, -0.2) is 29.4 Å². The normalized spacial score (nSPS) is 25.8. The standard InChI is InChI=1S/C15H20ClNO2S/c1-17-15(14(18)19)8-3-4-11(15)7-9-20-13-6-2-5-12(16)10-13/h2,5-6,10-11,17H,3-4,7-9H2,1H3,(H,18,19). The first kappa shape index (κ1) is 15.7. The number of nitrogens with one attached hydrogen (secondary N) is 1. The van der Waals surface area contributed by atoms with Gasteiger partial charge in [-0.05, 0) is 56.2 Å². The van der Waals surface area contributed by atoms with Crippen LogP contribution in [0.2, 0.25) is 5.02 Å². The molecule has 0 saturated heterocycles. The molecule has 2 atom stereocenters. The highest BCUT2D eigenvalue weighted by molar-refractivity contribution is 7.99. The van der Waals surface area contributed by atoms with Gasteiger partial charge in [0.2, 0.25) is 0 Å². The molecule has 0 aliphatic heterocycles. The zero-order chi connectivity index (χ0) is 14.6. The minimum atomic E-state index is -0.727. The quantitative estimate of drug-likeness (QED) is 0.787. The molecule has 2 N–H and O–H groups in total. The number of aliphatic carboxylic acids is 1. The van der Waals surface area contributed by atoms with Crippen molar-refractivity contribution in [3.8, 4) is 0 Å². The Hall–Kier alpha value is -0.710. The summed E-state index contributed by atoms with van der Waals surface area (Å²) in [5.74, 6) is 0.411. The number of carboxylic acids is 1. The molecule has 3 nitrogen and oxygen atoms in total. The average molecular weight is 314 g/mol. The largest absolute Gasteiger partial charge is 0.480 e. The maximum Gasteiger partial charge on any atom is 0.324 e. The zero-order valence-corrected chi connectivity index (χ0v) is 13.1. The number of halogens is 1. The second-order valence-electron chi connectivity index (χ2n) is 5.21. The van der Waals surface area contributed by atoms with Crippen molar-refractivity contribution in [2.45, 2.75) is 36.1 Å². The molecule has 0 aromatic heterocycles. The van der Waals surface area contributed by atoms with Gasteiger partial charge < -0.3 is 10.4 Å². The van der Waals surface area contributed by atoms with E-state index in [0.29, 0.717) is 0 Å². The Kier molecular flexibility index (Phi) is 5.35. The van der Waals surface area contributed by atoms with Crippen molar-refractivity contribution < 1.29 is 9.90 Å². The van der Waals surface area contributed by atoms with Crippen molar-refractivity contribution in [1.29, 1.82) is 0 Å². The first-order valence-electron chi connectivity index (χ1n) is 6.89. The highest BCUT2D eigenvalue weighted by atomic mass is 35.5. The Morgan fingerprint density at radius 1 is 1.60 bits per heavy atom. The van der Waals surface area contributed by atoms with Crippen LogP contribution >= 0.6 is 23.4 Å². The summed E-state index contributed by atoms with van der Waals surface area (Å²) in [5, 5.41) is 13.3. The number of carboxylic acid groups (broad SMARTS) is 1. The highest BCUT2D eigenvalue weighted by Gasteiger charge is 2.47. The van der Waals surface area contributed by atoms with Crippen LogP contribution in [0.3, 0.4) is 0 Å². The van der Waals surface area contributed by atoms with Gasteiger partial charge in [0.15, 0.2) is 0 Å². The van der Waals surface area contributed by atoms with Crippen LogP contribution in [0.1, 0.15) is 25.7 Å². The number of rotatable bonds is 6. The van der Waals surface area contributed by atoms with Crippen LogP contribution in [-0.2, 0) is 4.79 Å². The van der Waals surface area contributed by atoms with E-state index in [1.165, 1.54) is 0 Å². The third-order valence-electron chi connectivity index (χ3n) is 4.18. The van der Waals surface area contributed by atoms with Gasteiger partial charge in [0.05, 0.1) is 0 Å². The van der Waals surface area contributed by atoms with Crippen molar-refractivity contribution in [2.24, 2.45) is 5.92 Å². The fourth-order valence-electron chi connectivity index (χ4n) is 3.06. The molecule has 2 rings (SSSR count). The van der Waals surface area contributed by atoms with E-state index >= 15 is 0 Å². The monoisotopic (exact) mass is 313 g/mol. The Morgan fingerprint density at radius 2 is 2.40 bits per heavy atom. The van der Waals surface area contributed by atoms with Crippen LogP contribution in [0.25, 0.3) is 0 Å². The van der Waals surface area contributed by atoms with Crippen molar-refractivity contribution in [2.75, 3.05) is 12.8 Å². The number of likely N-dealkylation sites (N-methyl/N-ethyl adjacent to an activating group) is 1. The minimum Gasteiger partial charge on any atom is -0.480 e. The average Bonchev–Trinajstić information content (AvgIpc) is 2.83. The fourth-order valence-corrected chi connectivity index (χ4v) is 4.34. The third-order valence-corrected chi connectivity index (χ3v) is 5.44. The Labute approximate surface area is 129 Å². The number of benzene rings is 1. The number of carbonyl (C=O) groups is 1. The summed E-state index contributed by atoms with van der Waals surface area (Å²) in [5.41, 5.74) is -0.727. The molecule has 0 bridgehead atoms. The molecule has 1 aromatic rings. The molecule has 0 spiro atoms. The van der Waals surface area contributed by atoms with Crippen LogP contribution in [0.5, 0.6) is 0 Å². The lowest BCUT2D eigenvalue weighted by Gasteiger charge is -2.30. The molecular formula is C15H20ClNO2S. The molecule has 2 unspecified atom stereocenters. The van der Waals surface area contributed by atoms with Gasteiger partial charge in [0.25, 0.3) is 0 Å². The Balaban J connectivity index is 1.92. The van der Waals surface area contributed by atoms with Crippen molar-refractivity contribution in [3.63, 3.8) is 0 Å². The summed E-state index contributed by atoms with van der Waals surface area (Å²) in [6.45, 7) is 0. The molecule has 5 heteroatoms. The molecule has 1 aliphatic carbocycles. The first-order valence-corrected chi connectivity index (χ1v) is 8.25.